The maximum Gasteiger partial charge on any atom is 0.513 e. The largest absolute Gasteiger partial charge is 0.513 e. The molecule has 0 aromatic rings. The quantitative estimate of drug-likeness (QED) is 0.107. The standard InChI is InChI=1S/C23H50O3SSi/c1-5-6-7-8-9-10-11-12-13-14-15-16-17-18-19-20-21-22-23(27)28(24-2,25-3)26-4/h23,27H,5-22H2,1-4H3. The second kappa shape index (κ2) is 20.7. The van der Waals surface area contributed by atoms with E-state index in [1.165, 1.54) is 109 Å². The van der Waals surface area contributed by atoms with Crippen molar-refractivity contribution >= 4 is 21.4 Å². The summed E-state index contributed by atoms with van der Waals surface area (Å²) in [5.41, 5.74) is 0. The first-order valence-electron chi connectivity index (χ1n) is 12.0. The van der Waals surface area contributed by atoms with Crippen LogP contribution in [0.3, 0.4) is 0 Å². The maximum atomic E-state index is 5.50. The van der Waals surface area contributed by atoms with Crippen molar-refractivity contribution in [3.05, 3.63) is 0 Å². The minimum Gasteiger partial charge on any atom is -0.376 e. The molecule has 0 aromatic carbocycles. The molecule has 5 heteroatoms. The van der Waals surface area contributed by atoms with Crippen LogP contribution in [0.2, 0.25) is 0 Å². The number of unbranched alkanes of at least 4 members (excludes halogenated alkanes) is 16. The van der Waals surface area contributed by atoms with Crippen LogP contribution in [0.5, 0.6) is 0 Å². The zero-order valence-corrected chi connectivity index (χ0v) is 21.4. The van der Waals surface area contributed by atoms with E-state index in [0.29, 0.717) is 0 Å². The molecule has 0 aliphatic carbocycles. The van der Waals surface area contributed by atoms with E-state index in [-0.39, 0.29) is 4.87 Å². The number of hydrogen-bond donors (Lipinski definition) is 1. The van der Waals surface area contributed by atoms with Crippen LogP contribution in [0, 0.1) is 0 Å². The fraction of sp³-hybridized carbons (Fsp3) is 1.00. The van der Waals surface area contributed by atoms with Crippen molar-refractivity contribution in [1.82, 2.24) is 0 Å². The van der Waals surface area contributed by atoms with E-state index in [9.17, 15) is 0 Å². The molecule has 0 saturated heterocycles. The van der Waals surface area contributed by atoms with Gasteiger partial charge >= 0.3 is 8.80 Å². The number of thiol groups is 1. The monoisotopic (exact) mass is 434 g/mol. The Kier molecular flexibility index (Phi) is 21.0. The van der Waals surface area contributed by atoms with Gasteiger partial charge in [0.25, 0.3) is 0 Å². The van der Waals surface area contributed by atoms with E-state index >= 15 is 0 Å². The van der Waals surface area contributed by atoms with Crippen molar-refractivity contribution in [2.75, 3.05) is 21.3 Å². The van der Waals surface area contributed by atoms with Gasteiger partial charge in [-0.05, 0) is 6.42 Å². The smallest absolute Gasteiger partial charge is 0.376 e. The minimum atomic E-state index is -2.57. The van der Waals surface area contributed by atoms with Crippen LogP contribution < -0.4 is 0 Å². The highest BCUT2D eigenvalue weighted by atomic mass is 32.1. The summed E-state index contributed by atoms with van der Waals surface area (Å²) < 4.78 is 16.5. The van der Waals surface area contributed by atoms with Gasteiger partial charge in [0.05, 0.1) is 4.87 Å². The highest BCUT2D eigenvalue weighted by molar-refractivity contribution is 7.83. The Morgan fingerprint density at radius 2 is 0.821 bits per heavy atom. The molecular formula is C23H50O3SSi. The summed E-state index contributed by atoms with van der Waals surface area (Å²) in [4.78, 5) is 0.0730. The van der Waals surface area contributed by atoms with Crippen LogP contribution in [0.15, 0.2) is 0 Å². The van der Waals surface area contributed by atoms with Gasteiger partial charge in [-0.2, -0.15) is 12.6 Å². The van der Waals surface area contributed by atoms with E-state index in [1.54, 1.807) is 21.3 Å². The Bertz CT molecular complexity index is 306. The van der Waals surface area contributed by atoms with Crippen LogP contribution >= 0.6 is 12.6 Å². The van der Waals surface area contributed by atoms with Crippen LogP contribution in [0.25, 0.3) is 0 Å². The van der Waals surface area contributed by atoms with Gasteiger partial charge in [0.2, 0.25) is 0 Å². The second-order valence-electron chi connectivity index (χ2n) is 8.18. The Hall–Kier alpha value is 0.447. The number of rotatable bonds is 22. The fourth-order valence-corrected chi connectivity index (χ4v) is 6.90. The Morgan fingerprint density at radius 1 is 0.536 bits per heavy atom. The highest BCUT2D eigenvalue weighted by Gasteiger charge is 2.44. The first-order chi connectivity index (χ1) is 13.7. The van der Waals surface area contributed by atoms with Crippen molar-refractivity contribution in [2.45, 2.75) is 127 Å². The van der Waals surface area contributed by atoms with E-state index in [4.69, 9.17) is 13.3 Å². The summed E-state index contributed by atoms with van der Waals surface area (Å²) in [6, 6.07) is 0. The molecule has 0 aliphatic heterocycles. The van der Waals surface area contributed by atoms with E-state index in [2.05, 4.69) is 19.6 Å². The molecule has 0 radical (unpaired) electrons. The van der Waals surface area contributed by atoms with Crippen molar-refractivity contribution in [3.8, 4) is 0 Å². The molecule has 0 bridgehead atoms. The van der Waals surface area contributed by atoms with Gasteiger partial charge in [0, 0.05) is 21.3 Å². The molecule has 28 heavy (non-hydrogen) atoms. The Labute approximate surface area is 183 Å². The lowest BCUT2D eigenvalue weighted by Crippen LogP contribution is -2.52. The molecule has 0 rings (SSSR count). The van der Waals surface area contributed by atoms with Gasteiger partial charge in [0.15, 0.2) is 0 Å². The molecular weight excluding hydrogens is 384 g/mol. The van der Waals surface area contributed by atoms with Gasteiger partial charge in [-0.3, -0.25) is 0 Å². The lowest BCUT2D eigenvalue weighted by molar-refractivity contribution is 0.120. The summed E-state index contributed by atoms with van der Waals surface area (Å²) in [7, 11) is 2.42. The zero-order valence-electron chi connectivity index (χ0n) is 19.5. The zero-order chi connectivity index (χ0) is 20.9. The topological polar surface area (TPSA) is 27.7 Å². The summed E-state index contributed by atoms with van der Waals surface area (Å²) >= 11 is 4.67. The van der Waals surface area contributed by atoms with Crippen molar-refractivity contribution in [2.24, 2.45) is 0 Å². The second-order valence-corrected chi connectivity index (χ2v) is 12.4. The molecule has 0 spiro atoms. The van der Waals surface area contributed by atoms with E-state index in [0.717, 1.165) is 6.42 Å². The molecule has 0 N–H and O–H groups in total. The maximum absolute atomic E-state index is 5.50. The van der Waals surface area contributed by atoms with Crippen LogP contribution in [-0.2, 0) is 13.3 Å². The molecule has 1 atom stereocenters. The van der Waals surface area contributed by atoms with Gasteiger partial charge < -0.3 is 13.3 Å². The van der Waals surface area contributed by atoms with Crippen molar-refractivity contribution < 1.29 is 13.3 Å². The van der Waals surface area contributed by atoms with Crippen LogP contribution in [0.4, 0.5) is 0 Å². The lowest BCUT2D eigenvalue weighted by Gasteiger charge is -2.29. The van der Waals surface area contributed by atoms with Crippen molar-refractivity contribution in [3.63, 3.8) is 0 Å². The third-order valence-corrected chi connectivity index (χ3v) is 9.86. The summed E-state index contributed by atoms with van der Waals surface area (Å²) in [5, 5.41) is 0. The lowest BCUT2D eigenvalue weighted by atomic mass is 10.0. The normalized spacial score (nSPS) is 13.2. The van der Waals surface area contributed by atoms with Crippen LogP contribution in [0.1, 0.15) is 122 Å². The molecule has 0 aromatic heterocycles. The number of hydrogen-bond acceptors (Lipinski definition) is 4. The molecule has 0 amide bonds. The predicted octanol–water partition coefficient (Wildman–Crippen LogP) is 7.74. The average Bonchev–Trinajstić information content (AvgIpc) is 2.72. The molecule has 0 aliphatic rings. The SMILES string of the molecule is CCCCCCCCCCCCCCCCCCCC(S)[Si](OC)(OC)OC. The third kappa shape index (κ3) is 14.4. The first-order valence-corrected chi connectivity index (χ1v) is 14.3. The first kappa shape index (κ1) is 28.4. The molecule has 1 unspecified atom stereocenters. The minimum absolute atomic E-state index is 0.0730. The Balaban J connectivity index is 3.32. The highest BCUT2D eigenvalue weighted by Crippen LogP contribution is 2.23. The summed E-state index contributed by atoms with van der Waals surface area (Å²) in [6.45, 7) is 2.29. The van der Waals surface area contributed by atoms with Gasteiger partial charge in [-0.15, -0.1) is 0 Å². The molecule has 0 heterocycles. The van der Waals surface area contributed by atoms with Gasteiger partial charge in [-0.1, -0.05) is 116 Å². The Morgan fingerprint density at radius 3 is 1.11 bits per heavy atom. The predicted molar refractivity (Wildman–Crippen MR) is 128 cm³/mol. The van der Waals surface area contributed by atoms with E-state index < -0.39 is 8.80 Å². The third-order valence-electron chi connectivity index (χ3n) is 5.84. The van der Waals surface area contributed by atoms with Gasteiger partial charge in [0.1, 0.15) is 0 Å². The summed E-state index contributed by atoms with van der Waals surface area (Å²) in [5.74, 6) is 0. The van der Waals surface area contributed by atoms with Gasteiger partial charge in [-0.25, -0.2) is 0 Å². The molecule has 0 saturated carbocycles. The van der Waals surface area contributed by atoms with E-state index in [1.807, 2.05) is 0 Å². The fourth-order valence-electron chi connectivity index (χ4n) is 3.90. The molecule has 0 fully saturated rings. The molecule has 3 nitrogen and oxygen atoms in total. The summed E-state index contributed by atoms with van der Waals surface area (Å²) in [6.07, 6.45) is 24.8. The van der Waals surface area contributed by atoms with Crippen molar-refractivity contribution in [1.29, 1.82) is 0 Å². The molecule has 170 valence electrons. The average molecular weight is 435 g/mol. The van der Waals surface area contributed by atoms with Crippen LogP contribution in [-0.4, -0.2) is 35.0 Å².